The van der Waals surface area contributed by atoms with Crippen LogP contribution in [0.5, 0.6) is 17.4 Å². The third-order valence-electron chi connectivity index (χ3n) is 2.72. The number of hydrogen-bond donors (Lipinski definition) is 2. The van der Waals surface area contributed by atoms with Gasteiger partial charge in [-0.3, -0.25) is 0 Å². The Morgan fingerprint density at radius 1 is 1.30 bits per heavy atom. The first-order chi connectivity index (χ1) is 9.69. The molecule has 0 unspecified atom stereocenters. The molecule has 1 aromatic carbocycles. The third kappa shape index (κ3) is 1.92. The molecule has 0 fully saturated rings. The first kappa shape index (κ1) is 12.0. The molecule has 8 nitrogen and oxygen atoms in total. The van der Waals surface area contributed by atoms with E-state index >= 15 is 0 Å². The molecule has 0 aromatic heterocycles. The Morgan fingerprint density at radius 3 is 2.95 bits per heavy atom. The molecule has 20 heavy (non-hydrogen) atoms. The highest BCUT2D eigenvalue weighted by Gasteiger charge is 2.20. The third-order valence-corrected chi connectivity index (χ3v) is 2.72. The Bertz CT molecular complexity index is 727. The normalized spacial score (nSPS) is 10.7. The molecular formula is C12H11N5O3. The minimum atomic E-state index is 0.164. The topological polar surface area (TPSA) is 108 Å². The second-order valence-corrected chi connectivity index (χ2v) is 3.98. The summed E-state index contributed by atoms with van der Waals surface area (Å²) in [6.45, 7) is 0. The van der Waals surface area contributed by atoms with Crippen LogP contribution in [0.3, 0.4) is 0 Å². The van der Waals surface area contributed by atoms with E-state index in [1.165, 1.54) is 19.6 Å². The quantitative estimate of drug-likeness (QED) is 0.548. The lowest BCUT2D eigenvalue weighted by molar-refractivity contribution is 0.183. The Hall–Kier alpha value is -3.03. The van der Waals surface area contributed by atoms with Crippen LogP contribution < -0.4 is 15.2 Å². The molecule has 0 amide bonds. The van der Waals surface area contributed by atoms with Gasteiger partial charge < -0.3 is 20.4 Å². The fraction of sp³-hybridized carbons (Fsp3) is 0.0833. The van der Waals surface area contributed by atoms with Crippen LogP contribution in [0.1, 0.15) is 0 Å². The fourth-order valence-electron chi connectivity index (χ4n) is 1.77. The van der Waals surface area contributed by atoms with E-state index in [0.29, 0.717) is 28.6 Å². The number of rotatable bonds is 3. The SMILES string of the molecule is COc1cc(Oc2nnc3cncn(O)c2-3)ccc1N. The zero-order valence-electron chi connectivity index (χ0n) is 10.5. The van der Waals surface area contributed by atoms with Gasteiger partial charge >= 0.3 is 0 Å². The van der Waals surface area contributed by atoms with Gasteiger partial charge in [0, 0.05) is 6.07 Å². The summed E-state index contributed by atoms with van der Waals surface area (Å²) in [6.07, 6.45) is 2.70. The maximum Gasteiger partial charge on any atom is 0.268 e. The van der Waals surface area contributed by atoms with Gasteiger partial charge in [0.1, 0.15) is 23.5 Å². The van der Waals surface area contributed by atoms with Crippen molar-refractivity contribution in [3.63, 3.8) is 0 Å². The predicted molar refractivity (Wildman–Crippen MR) is 69.1 cm³/mol. The molecule has 0 saturated carbocycles. The molecule has 2 aliphatic rings. The van der Waals surface area contributed by atoms with Gasteiger partial charge in [-0.05, 0) is 12.1 Å². The highest BCUT2D eigenvalue weighted by atomic mass is 16.5. The van der Waals surface area contributed by atoms with E-state index in [2.05, 4.69) is 15.2 Å². The Balaban J connectivity index is 1.98. The van der Waals surface area contributed by atoms with Crippen LogP contribution >= 0.6 is 0 Å². The van der Waals surface area contributed by atoms with Crippen molar-refractivity contribution >= 4 is 5.69 Å². The molecule has 2 aliphatic heterocycles. The van der Waals surface area contributed by atoms with Gasteiger partial charge in [-0.2, -0.15) is 4.73 Å². The number of benzene rings is 1. The number of nitrogens with two attached hydrogens (primary N) is 1. The molecule has 0 atom stereocenters. The first-order valence-electron chi connectivity index (χ1n) is 5.68. The number of anilines is 1. The van der Waals surface area contributed by atoms with E-state index in [1.807, 2.05) is 0 Å². The zero-order valence-corrected chi connectivity index (χ0v) is 10.5. The molecule has 102 valence electrons. The summed E-state index contributed by atoms with van der Waals surface area (Å²) in [5.41, 5.74) is 6.98. The van der Waals surface area contributed by atoms with E-state index in [9.17, 15) is 5.21 Å². The number of ether oxygens (including phenoxy) is 2. The highest BCUT2D eigenvalue weighted by molar-refractivity contribution is 5.62. The average Bonchev–Trinajstić information content (AvgIpc) is 2.85. The van der Waals surface area contributed by atoms with Gasteiger partial charge in [0.2, 0.25) is 0 Å². The second-order valence-electron chi connectivity index (χ2n) is 3.98. The lowest BCUT2D eigenvalue weighted by Gasteiger charge is -2.09. The fourth-order valence-corrected chi connectivity index (χ4v) is 1.77. The number of aromatic nitrogens is 4. The van der Waals surface area contributed by atoms with Crippen molar-refractivity contribution in [2.45, 2.75) is 0 Å². The zero-order chi connectivity index (χ0) is 14.1. The van der Waals surface area contributed by atoms with Crippen molar-refractivity contribution < 1.29 is 14.7 Å². The van der Waals surface area contributed by atoms with E-state index in [-0.39, 0.29) is 5.88 Å². The van der Waals surface area contributed by atoms with Gasteiger partial charge in [0.05, 0.1) is 19.0 Å². The number of fused-ring (bicyclic) bond motifs is 1. The maximum atomic E-state index is 9.71. The lowest BCUT2D eigenvalue weighted by Crippen LogP contribution is -2.00. The molecule has 0 radical (unpaired) electrons. The van der Waals surface area contributed by atoms with Crippen molar-refractivity contribution in [2.24, 2.45) is 0 Å². The Kier molecular flexibility index (Phi) is 2.75. The van der Waals surface area contributed by atoms with Crippen LogP contribution in [0.4, 0.5) is 5.69 Å². The number of methoxy groups -OCH3 is 1. The molecule has 8 heteroatoms. The standard InChI is InChI=1S/C12H11N5O3/c1-19-10-4-7(2-3-8(10)13)20-12-11-9(15-16-12)5-14-6-17(11)18/h2-6,18H,13H2,1H3. The van der Waals surface area contributed by atoms with Crippen molar-refractivity contribution in [3.05, 3.63) is 30.7 Å². The van der Waals surface area contributed by atoms with Gasteiger partial charge in [-0.15, -0.1) is 10.2 Å². The molecular weight excluding hydrogens is 262 g/mol. The van der Waals surface area contributed by atoms with Crippen molar-refractivity contribution in [1.29, 1.82) is 0 Å². The minimum Gasteiger partial charge on any atom is -0.494 e. The van der Waals surface area contributed by atoms with Crippen molar-refractivity contribution in [3.8, 4) is 28.8 Å². The summed E-state index contributed by atoms with van der Waals surface area (Å²) in [6, 6.07) is 4.95. The van der Waals surface area contributed by atoms with Gasteiger partial charge in [0.15, 0.2) is 5.69 Å². The minimum absolute atomic E-state index is 0.164. The lowest BCUT2D eigenvalue weighted by atomic mass is 10.3. The van der Waals surface area contributed by atoms with Crippen LogP contribution in [0.2, 0.25) is 0 Å². The van der Waals surface area contributed by atoms with Gasteiger partial charge in [-0.1, -0.05) is 0 Å². The summed E-state index contributed by atoms with van der Waals surface area (Å²) in [5.74, 6) is 1.12. The number of hydrogen-bond acceptors (Lipinski definition) is 7. The van der Waals surface area contributed by atoms with E-state index in [0.717, 1.165) is 4.73 Å². The van der Waals surface area contributed by atoms with E-state index in [4.69, 9.17) is 15.2 Å². The molecule has 0 bridgehead atoms. The summed E-state index contributed by atoms with van der Waals surface area (Å²) >= 11 is 0. The molecule has 0 saturated heterocycles. The van der Waals surface area contributed by atoms with Crippen LogP contribution in [-0.4, -0.2) is 32.2 Å². The molecule has 0 spiro atoms. The monoisotopic (exact) mass is 273 g/mol. The Labute approximate surface area is 113 Å². The molecule has 3 rings (SSSR count). The van der Waals surface area contributed by atoms with Gasteiger partial charge in [0.25, 0.3) is 5.88 Å². The summed E-state index contributed by atoms with van der Waals surface area (Å²) in [5, 5.41) is 17.4. The van der Waals surface area contributed by atoms with Crippen LogP contribution in [0.25, 0.3) is 11.4 Å². The van der Waals surface area contributed by atoms with Crippen LogP contribution in [0.15, 0.2) is 30.7 Å². The number of nitrogen functional groups attached to an aromatic ring is 1. The smallest absolute Gasteiger partial charge is 0.268 e. The van der Waals surface area contributed by atoms with Crippen molar-refractivity contribution in [1.82, 2.24) is 19.9 Å². The molecule has 3 N–H and O–H groups in total. The van der Waals surface area contributed by atoms with Crippen LogP contribution in [0, 0.1) is 0 Å². The van der Waals surface area contributed by atoms with E-state index in [1.54, 1.807) is 18.2 Å². The van der Waals surface area contributed by atoms with Gasteiger partial charge in [-0.25, -0.2) is 4.98 Å². The first-order valence-corrected chi connectivity index (χ1v) is 5.68. The molecule has 2 heterocycles. The van der Waals surface area contributed by atoms with Crippen LogP contribution in [-0.2, 0) is 0 Å². The molecule has 1 aromatic rings. The summed E-state index contributed by atoms with van der Waals surface area (Å²) in [7, 11) is 1.51. The van der Waals surface area contributed by atoms with Crippen molar-refractivity contribution in [2.75, 3.05) is 12.8 Å². The Morgan fingerprint density at radius 2 is 2.15 bits per heavy atom. The summed E-state index contributed by atoms with van der Waals surface area (Å²) in [4.78, 5) is 3.79. The number of nitrogens with zero attached hydrogens (tertiary/aromatic N) is 4. The predicted octanol–water partition coefficient (Wildman–Crippen LogP) is 1.40. The second kappa shape index (κ2) is 4.57. The largest absolute Gasteiger partial charge is 0.494 e. The highest BCUT2D eigenvalue weighted by Crippen LogP contribution is 2.33. The summed E-state index contributed by atoms with van der Waals surface area (Å²) < 4.78 is 11.5. The molecule has 0 aliphatic carbocycles. The maximum absolute atomic E-state index is 9.71. The average molecular weight is 273 g/mol. The van der Waals surface area contributed by atoms with E-state index < -0.39 is 0 Å².